The molecule has 1 aromatic carbocycles. The number of piperidine rings is 1. The molecule has 0 unspecified atom stereocenters. The Balaban J connectivity index is 0.00000280. The second-order valence-electron chi connectivity index (χ2n) is 6.46. The molecule has 3 rings (SSSR count). The van der Waals surface area contributed by atoms with Crippen molar-refractivity contribution in [2.45, 2.75) is 32.2 Å². The van der Waals surface area contributed by atoms with Gasteiger partial charge in [-0.25, -0.2) is 4.68 Å². The molecule has 1 aromatic heterocycles. The van der Waals surface area contributed by atoms with E-state index in [0.717, 1.165) is 32.4 Å². The number of halogens is 2. The highest BCUT2D eigenvalue weighted by Crippen LogP contribution is 2.22. The molecule has 8 nitrogen and oxygen atoms in total. The maximum atomic E-state index is 12.6. The molecule has 0 spiro atoms. The first-order chi connectivity index (χ1) is 13.1. The lowest BCUT2D eigenvalue weighted by Crippen LogP contribution is -2.29. The van der Waals surface area contributed by atoms with Gasteiger partial charge in [0.05, 0.1) is 23.5 Å². The number of rotatable bonds is 6. The maximum Gasteiger partial charge on any atom is 0.277 e. The van der Waals surface area contributed by atoms with Crippen molar-refractivity contribution >= 4 is 41.5 Å². The van der Waals surface area contributed by atoms with E-state index in [9.17, 15) is 9.59 Å². The van der Waals surface area contributed by atoms with Crippen LogP contribution in [0.15, 0.2) is 24.4 Å². The molecule has 152 valence electrons. The zero-order valence-electron chi connectivity index (χ0n) is 15.6. The van der Waals surface area contributed by atoms with Crippen molar-refractivity contribution in [2.75, 3.05) is 25.0 Å². The zero-order valence-corrected chi connectivity index (χ0v) is 17.1. The van der Waals surface area contributed by atoms with E-state index in [2.05, 4.69) is 26.3 Å². The smallest absolute Gasteiger partial charge is 0.277 e. The summed E-state index contributed by atoms with van der Waals surface area (Å²) in [5, 5.41) is 17.3. The minimum atomic E-state index is -0.429. The van der Waals surface area contributed by atoms with Crippen molar-refractivity contribution in [3.8, 4) is 0 Å². The summed E-state index contributed by atoms with van der Waals surface area (Å²) in [4.78, 5) is 24.9. The number of anilines is 1. The van der Waals surface area contributed by atoms with Crippen LogP contribution in [-0.2, 0) is 0 Å². The predicted molar refractivity (Wildman–Crippen MR) is 110 cm³/mol. The van der Waals surface area contributed by atoms with Crippen LogP contribution in [0.2, 0.25) is 5.02 Å². The fraction of sp³-hybridized carbons (Fsp3) is 0.444. The summed E-state index contributed by atoms with van der Waals surface area (Å²) >= 11 is 6.04. The maximum absolute atomic E-state index is 12.6. The molecular formula is C18H24Cl2N6O2. The lowest BCUT2D eigenvalue weighted by atomic mass is 10.1. The van der Waals surface area contributed by atoms with E-state index in [-0.39, 0.29) is 30.0 Å². The Morgan fingerprint density at radius 2 is 2.04 bits per heavy atom. The average Bonchev–Trinajstić information content (AvgIpc) is 3.17. The van der Waals surface area contributed by atoms with Crippen molar-refractivity contribution in [2.24, 2.45) is 0 Å². The van der Waals surface area contributed by atoms with Crippen LogP contribution < -0.4 is 16.0 Å². The largest absolute Gasteiger partial charge is 0.352 e. The Morgan fingerprint density at radius 3 is 2.75 bits per heavy atom. The van der Waals surface area contributed by atoms with E-state index in [1.807, 2.05) is 6.92 Å². The SMILES string of the molecule is CCCNC(=O)c1ccc(Cl)cc1NC(=O)c1cn(C2CCNCC2)nn1.Cl. The van der Waals surface area contributed by atoms with Crippen LogP contribution in [0.25, 0.3) is 0 Å². The topological polar surface area (TPSA) is 101 Å². The third-order valence-corrected chi connectivity index (χ3v) is 4.67. The number of nitrogens with zero attached hydrogens (tertiary/aromatic N) is 3. The molecule has 0 saturated carbocycles. The summed E-state index contributed by atoms with van der Waals surface area (Å²) in [6, 6.07) is 5.00. The van der Waals surface area contributed by atoms with Crippen molar-refractivity contribution in [3.05, 3.63) is 40.7 Å². The van der Waals surface area contributed by atoms with Crippen LogP contribution in [0.4, 0.5) is 5.69 Å². The molecule has 1 saturated heterocycles. The van der Waals surface area contributed by atoms with Gasteiger partial charge in [-0.15, -0.1) is 17.5 Å². The molecule has 2 amide bonds. The van der Waals surface area contributed by atoms with Gasteiger partial charge in [0.15, 0.2) is 5.69 Å². The number of carbonyl (C=O) groups excluding carboxylic acids is 2. The molecule has 1 fully saturated rings. The Morgan fingerprint density at radius 1 is 1.29 bits per heavy atom. The number of amides is 2. The molecule has 0 radical (unpaired) electrons. The van der Waals surface area contributed by atoms with Crippen molar-refractivity contribution in [1.82, 2.24) is 25.6 Å². The molecule has 28 heavy (non-hydrogen) atoms. The lowest BCUT2D eigenvalue weighted by molar-refractivity contribution is 0.0954. The molecule has 2 heterocycles. The molecule has 1 aliphatic heterocycles. The van der Waals surface area contributed by atoms with E-state index < -0.39 is 5.91 Å². The number of carbonyl (C=O) groups is 2. The van der Waals surface area contributed by atoms with Gasteiger partial charge in [-0.2, -0.15) is 0 Å². The molecule has 1 aliphatic rings. The Labute approximate surface area is 174 Å². The third kappa shape index (κ3) is 5.43. The third-order valence-electron chi connectivity index (χ3n) is 4.44. The molecular weight excluding hydrogens is 403 g/mol. The van der Waals surface area contributed by atoms with Crippen LogP contribution in [0.1, 0.15) is 53.1 Å². The van der Waals surface area contributed by atoms with Crippen molar-refractivity contribution < 1.29 is 9.59 Å². The number of hydrogen-bond acceptors (Lipinski definition) is 5. The van der Waals surface area contributed by atoms with Gasteiger partial charge >= 0.3 is 0 Å². The van der Waals surface area contributed by atoms with Gasteiger partial charge in [-0.3, -0.25) is 9.59 Å². The van der Waals surface area contributed by atoms with E-state index in [4.69, 9.17) is 11.6 Å². The molecule has 0 aliphatic carbocycles. The van der Waals surface area contributed by atoms with Gasteiger partial charge in [-0.05, 0) is 50.6 Å². The van der Waals surface area contributed by atoms with E-state index in [1.165, 1.54) is 0 Å². The van der Waals surface area contributed by atoms with Crippen molar-refractivity contribution in [3.63, 3.8) is 0 Å². The van der Waals surface area contributed by atoms with Crippen LogP contribution in [0, 0.1) is 0 Å². The average molecular weight is 427 g/mol. The predicted octanol–water partition coefficient (Wildman–Crippen LogP) is 2.67. The minimum absolute atomic E-state index is 0. The van der Waals surface area contributed by atoms with Gasteiger partial charge < -0.3 is 16.0 Å². The number of aromatic nitrogens is 3. The fourth-order valence-electron chi connectivity index (χ4n) is 2.97. The second kappa shape index (κ2) is 10.4. The number of nitrogens with one attached hydrogen (secondary N) is 3. The Hall–Kier alpha value is -2.16. The fourth-order valence-corrected chi connectivity index (χ4v) is 3.14. The monoisotopic (exact) mass is 426 g/mol. The molecule has 0 atom stereocenters. The van der Waals surface area contributed by atoms with Crippen molar-refractivity contribution in [1.29, 1.82) is 0 Å². The highest BCUT2D eigenvalue weighted by Gasteiger charge is 2.20. The summed E-state index contributed by atoms with van der Waals surface area (Å²) in [5.41, 5.74) is 0.901. The first-order valence-electron chi connectivity index (χ1n) is 9.10. The van der Waals surface area contributed by atoms with Crippen LogP contribution in [0.5, 0.6) is 0 Å². The van der Waals surface area contributed by atoms with E-state index >= 15 is 0 Å². The lowest BCUT2D eigenvalue weighted by Gasteiger charge is -2.22. The normalized spacial score (nSPS) is 14.2. The quantitative estimate of drug-likeness (QED) is 0.658. The Bertz CT molecular complexity index is 820. The van der Waals surface area contributed by atoms with E-state index in [1.54, 1.807) is 29.1 Å². The zero-order chi connectivity index (χ0) is 19.2. The molecule has 10 heteroatoms. The number of hydrogen-bond donors (Lipinski definition) is 3. The van der Waals surface area contributed by atoms with Crippen LogP contribution in [-0.4, -0.2) is 46.4 Å². The van der Waals surface area contributed by atoms with Gasteiger partial charge in [0.25, 0.3) is 11.8 Å². The number of benzene rings is 1. The summed E-state index contributed by atoms with van der Waals surface area (Å²) in [7, 11) is 0. The van der Waals surface area contributed by atoms with Gasteiger partial charge in [0.2, 0.25) is 0 Å². The molecule has 0 bridgehead atoms. The van der Waals surface area contributed by atoms with Gasteiger partial charge in [0, 0.05) is 11.6 Å². The van der Waals surface area contributed by atoms with Gasteiger partial charge in [-0.1, -0.05) is 23.7 Å². The van der Waals surface area contributed by atoms with Crippen LogP contribution >= 0.6 is 24.0 Å². The first kappa shape index (κ1) is 22.1. The molecule has 2 aromatic rings. The standard InChI is InChI=1S/C18H23ClN6O2.ClH/c1-2-7-21-17(26)14-4-3-12(19)10-15(14)22-18(27)16-11-25(24-23-16)13-5-8-20-9-6-13;/h3-4,10-11,13,20H,2,5-9H2,1H3,(H,21,26)(H,22,27);1H. The van der Waals surface area contributed by atoms with Crippen LogP contribution in [0.3, 0.4) is 0 Å². The highest BCUT2D eigenvalue weighted by atomic mass is 35.5. The summed E-state index contributed by atoms with van der Waals surface area (Å²) in [6.07, 6.45) is 4.36. The van der Waals surface area contributed by atoms with Gasteiger partial charge in [0.1, 0.15) is 0 Å². The van der Waals surface area contributed by atoms with E-state index in [0.29, 0.717) is 22.8 Å². The molecule has 3 N–H and O–H groups in total. The summed E-state index contributed by atoms with van der Waals surface area (Å²) in [6.45, 7) is 4.37. The summed E-state index contributed by atoms with van der Waals surface area (Å²) < 4.78 is 1.74. The highest BCUT2D eigenvalue weighted by molar-refractivity contribution is 6.31. The summed E-state index contributed by atoms with van der Waals surface area (Å²) in [5.74, 6) is -0.691. The first-order valence-corrected chi connectivity index (χ1v) is 9.48. The minimum Gasteiger partial charge on any atom is -0.352 e. The second-order valence-corrected chi connectivity index (χ2v) is 6.90. The Kier molecular flexibility index (Phi) is 8.22.